The average molecular weight is 258 g/mol. The topological polar surface area (TPSA) is 49.2 Å². The average Bonchev–Trinajstić information content (AvgIpc) is 2.22. The van der Waals surface area contributed by atoms with Gasteiger partial charge in [-0.2, -0.15) is 0 Å². The molecule has 0 fully saturated rings. The van der Waals surface area contributed by atoms with Crippen molar-refractivity contribution in [1.82, 2.24) is 9.97 Å². The van der Waals surface area contributed by atoms with Gasteiger partial charge in [0.2, 0.25) is 0 Å². The highest BCUT2D eigenvalue weighted by Gasteiger charge is 2.14. The van der Waals surface area contributed by atoms with Crippen LogP contribution in [0.4, 0.5) is 5.82 Å². The van der Waals surface area contributed by atoms with Crippen LogP contribution in [-0.2, 0) is 6.42 Å². The van der Waals surface area contributed by atoms with E-state index in [0.717, 1.165) is 30.0 Å². The van der Waals surface area contributed by atoms with E-state index in [1.165, 1.54) is 0 Å². The first-order valence-corrected chi connectivity index (χ1v) is 6.25. The van der Waals surface area contributed by atoms with E-state index < -0.39 is 6.10 Å². The Morgan fingerprint density at radius 3 is 2.59 bits per heavy atom. The lowest BCUT2D eigenvalue weighted by molar-refractivity contribution is 0.201. The number of halogens is 1. The third-order valence-electron chi connectivity index (χ3n) is 2.48. The van der Waals surface area contributed by atoms with Gasteiger partial charge in [-0.3, -0.25) is 0 Å². The van der Waals surface area contributed by atoms with E-state index in [2.05, 4.69) is 16.9 Å². The highest BCUT2D eigenvalue weighted by molar-refractivity contribution is 6.30. The maximum absolute atomic E-state index is 9.40. The van der Waals surface area contributed by atoms with Crippen LogP contribution in [0.5, 0.6) is 0 Å². The van der Waals surface area contributed by atoms with Crippen molar-refractivity contribution < 1.29 is 5.11 Å². The summed E-state index contributed by atoms with van der Waals surface area (Å²) < 4.78 is 0. The highest BCUT2D eigenvalue weighted by atomic mass is 35.5. The Balaban J connectivity index is 3.04. The molecule has 0 saturated carbocycles. The Morgan fingerprint density at radius 2 is 2.06 bits per heavy atom. The molecule has 0 aliphatic heterocycles. The van der Waals surface area contributed by atoms with E-state index in [1.54, 1.807) is 6.92 Å². The van der Waals surface area contributed by atoms with Crippen LogP contribution in [0.2, 0.25) is 5.15 Å². The number of hydrogen-bond acceptors (Lipinski definition) is 4. The van der Waals surface area contributed by atoms with Crippen molar-refractivity contribution in [1.29, 1.82) is 0 Å². The lowest BCUT2D eigenvalue weighted by Crippen LogP contribution is -2.28. The fourth-order valence-electron chi connectivity index (χ4n) is 1.71. The summed E-state index contributed by atoms with van der Waals surface area (Å²) in [7, 11) is 1.90. The number of likely N-dealkylation sites (N-methyl/N-ethyl adjacent to an activating group) is 1. The Labute approximate surface area is 108 Å². The Kier molecular flexibility index (Phi) is 5.15. The number of aromatic nitrogens is 2. The summed E-state index contributed by atoms with van der Waals surface area (Å²) in [5.41, 5.74) is 0.856. The normalized spacial score (nSPS) is 12.6. The maximum atomic E-state index is 9.40. The second-order valence-corrected chi connectivity index (χ2v) is 4.72. The molecule has 96 valence electrons. The van der Waals surface area contributed by atoms with Crippen molar-refractivity contribution >= 4 is 17.4 Å². The van der Waals surface area contributed by atoms with Gasteiger partial charge in [0.25, 0.3) is 0 Å². The van der Waals surface area contributed by atoms with E-state index in [9.17, 15) is 5.11 Å². The zero-order chi connectivity index (χ0) is 13.0. The number of rotatable bonds is 5. The smallest absolute Gasteiger partial charge is 0.137 e. The zero-order valence-electron chi connectivity index (χ0n) is 10.9. The quantitative estimate of drug-likeness (QED) is 0.822. The zero-order valence-corrected chi connectivity index (χ0v) is 11.6. The minimum Gasteiger partial charge on any atom is -0.392 e. The molecule has 0 spiro atoms. The molecular weight excluding hydrogens is 238 g/mol. The Morgan fingerprint density at radius 1 is 1.41 bits per heavy atom. The summed E-state index contributed by atoms with van der Waals surface area (Å²) in [5, 5.41) is 9.90. The molecular formula is C12H20ClN3O. The van der Waals surface area contributed by atoms with Crippen molar-refractivity contribution in [2.45, 2.75) is 39.7 Å². The maximum Gasteiger partial charge on any atom is 0.137 e. The molecule has 0 bridgehead atoms. The first-order chi connectivity index (χ1) is 7.95. The summed E-state index contributed by atoms with van der Waals surface area (Å²) in [6.45, 7) is 6.25. The van der Waals surface area contributed by atoms with Crippen LogP contribution in [-0.4, -0.2) is 34.8 Å². The van der Waals surface area contributed by atoms with E-state index in [4.69, 9.17) is 11.6 Å². The third-order valence-corrected chi connectivity index (χ3v) is 2.85. The predicted molar refractivity (Wildman–Crippen MR) is 70.7 cm³/mol. The fraction of sp³-hybridized carbons (Fsp3) is 0.667. The molecule has 5 heteroatoms. The third kappa shape index (κ3) is 3.82. The molecule has 0 saturated heterocycles. The van der Waals surface area contributed by atoms with Crippen molar-refractivity contribution in [2.24, 2.45) is 0 Å². The molecule has 1 aromatic heterocycles. The number of nitrogens with zero attached hydrogens (tertiary/aromatic N) is 3. The first-order valence-electron chi connectivity index (χ1n) is 5.87. The predicted octanol–water partition coefficient (Wildman–Crippen LogP) is 2.21. The second kappa shape index (κ2) is 6.17. The van der Waals surface area contributed by atoms with E-state index in [-0.39, 0.29) is 0 Å². The highest BCUT2D eigenvalue weighted by Crippen LogP contribution is 2.23. The Bertz CT molecular complexity index is 382. The SMILES string of the molecule is CCCc1nc(Cl)c(C)c(N(C)CC(C)O)n1. The molecule has 0 aliphatic carbocycles. The van der Waals surface area contributed by atoms with Crippen LogP contribution in [0.1, 0.15) is 31.7 Å². The Hall–Kier alpha value is -0.870. The summed E-state index contributed by atoms with van der Waals surface area (Å²) in [6.07, 6.45) is 1.40. The first kappa shape index (κ1) is 14.2. The molecule has 0 radical (unpaired) electrons. The second-order valence-electron chi connectivity index (χ2n) is 4.36. The van der Waals surface area contributed by atoms with Crippen LogP contribution >= 0.6 is 11.6 Å². The number of aryl methyl sites for hydroxylation is 1. The molecule has 1 aromatic rings. The standard InChI is InChI=1S/C12H20ClN3O/c1-5-6-10-14-11(13)9(3)12(15-10)16(4)7-8(2)17/h8,17H,5-7H2,1-4H3. The van der Waals surface area contributed by atoms with E-state index in [1.807, 2.05) is 18.9 Å². The van der Waals surface area contributed by atoms with Crippen molar-refractivity contribution in [2.75, 3.05) is 18.5 Å². The van der Waals surface area contributed by atoms with Gasteiger partial charge in [0, 0.05) is 25.6 Å². The van der Waals surface area contributed by atoms with Gasteiger partial charge in [-0.1, -0.05) is 18.5 Å². The van der Waals surface area contributed by atoms with Crippen molar-refractivity contribution in [3.8, 4) is 0 Å². The molecule has 1 N–H and O–H groups in total. The lowest BCUT2D eigenvalue weighted by atomic mass is 10.2. The van der Waals surface area contributed by atoms with Gasteiger partial charge in [0.05, 0.1) is 6.10 Å². The monoisotopic (exact) mass is 257 g/mol. The summed E-state index contributed by atoms with van der Waals surface area (Å²) in [4.78, 5) is 10.7. The molecule has 0 aromatic carbocycles. The largest absolute Gasteiger partial charge is 0.392 e. The summed E-state index contributed by atoms with van der Waals surface area (Å²) in [6, 6.07) is 0. The van der Waals surface area contributed by atoms with Crippen molar-refractivity contribution in [3.05, 3.63) is 16.5 Å². The van der Waals surface area contributed by atoms with Crippen LogP contribution in [0.3, 0.4) is 0 Å². The number of hydrogen-bond donors (Lipinski definition) is 1. The van der Waals surface area contributed by atoms with Gasteiger partial charge in [-0.05, 0) is 20.3 Å². The van der Waals surface area contributed by atoms with Gasteiger partial charge in [0.1, 0.15) is 16.8 Å². The lowest BCUT2D eigenvalue weighted by Gasteiger charge is -2.22. The number of aliphatic hydroxyl groups is 1. The van der Waals surface area contributed by atoms with Crippen LogP contribution in [0.15, 0.2) is 0 Å². The molecule has 17 heavy (non-hydrogen) atoms. The molecule has 1 rings (SSSR count). The van der Waals surface area contributed by atoms with Gasteiger partial charge >= 0.3 is 0 Å². The van der Waals surface area contributed by atoms with Gasteiger partial charge in [-0.25, -0.2) is 9.97 Å². The van der Waals surface area contributed by atoms with Gasteiger partial charge < -0.3 is 10.0 Å². The minimum absolute atomic E-state index is 0.400. The van der Waals surface area contributed by atoms with Crippen molar-refractivity contribution in [3.63, 3.8) is 0 Å². The van der Waals surface area contributed by atoms with Crippen LogP contribution < -0.4 is 4.90 Å². The summed E-state index contributed by atoms with van der Waals surface area (Å²) >= 11 is 6.10. The molecule has 0 amide bonds. The van der Waals surface area contributed by atoms with Gasteiger partial charge in [-0.15, -0.1) is 0 Å². The molecule has 1 atom stereocenters. The molecule has 1 heterocycles. The number of aliphatic hydroxyl groups excluding tert-OH is 1. The fourth-order valence-corrected chi connectivity index (χ4v) is 1.89. The van der Waals surface area contributed by atoms with E-state index in [0.29, 0.717) is 11.7 Å². The molecule has 0 aliphatic rings. The minimum atomic E-state index is -0.400. The van der Waals surface area contributed by atoms with Crippen LogP contribution in [0.25, 0.3) is 0 Å². The van der Waals surface area contributed by atoms with E-state index >= 15 is 0 Å². The number of anilines is 1. The summed E-state index contributed by atoms with van der Waals surface area (Å²) in [5.74, 6) is 1.56. The molecule has 4 nitrogen and oxygen atoms in total. The van der Waals surface area contributed by atoms with Crippen LogP contribution in [0, 0.1) is 6.92 Å². The van der Waals surface area contributed by atoms with Gasteiger partial charge in [0.15, 0.2) is 0 Å². The molecule has 1 unspecified atom stereocenters.